The van der Waals surface area contributed by atoms with E-state index in [9.17, 15) is 18.3 Å². The average Bonchev–Trinajstić information content (AvgIpc) is 3.52. The first-order valence-corrected chi connectivity index (χ1v) is 18.5. The van der Waals surface area contributed by atoms with Crippen molar-refractivity contribution in [2.75, 3.05) is 19.0 Å². The number of hydrazone groups is 1. The zero-order valence-electron chi connectivity index (χ0n) is 29.1. The summed E-state index contributed by atoms with van der Waals surface area (Å²) in [5.41, 5.74) is 7.27. The quantitative estimate of drug-likeness (QED) is 0.0625. The molecule has 0 radical (unpaired) electrons. The van der Waals surface area contributed by atoms with Crippen molar-refractivity contribution in [1.29, 1.82) is 0 Å². The summed E-state index contributed by atoms with van der Waals surface area (Å²) in [6.07, 6.45) is 6.74. The van der Waals surface area contributed by atoms with Crippen molar-refractivity contribution in [3.63, 3.8) is 0 Å². The van der Waals surface area contributed by atoms with Gasteiger partial charge in [0.25, 0.3) is 0 Å². The molecule has 6 rings (SSSR count). The van der Waals surface area contributed by atoms with Crippen LogP contribution >= 0.6 is 0 Å². The number of carbonyl (C=O) groups excluding carboxylic acids is 1. The van der Waals surface area contributed by atoms with Gasteiger partial charge in [-0.25, -0.2) is 13.4 Å². The highest BCUT2D eigenvalue weighted by molar-refractivity contribution is 7.89. The average molecular weight is 729 g/mol. The van der Waals surface area contributed by atoms with E-state index in [0.717, 1.165) is 34.0 Å². The first kappa shape index (κ1) is 36.7. The number of nitrogens with zero attached hydrogens (tertiary/aromatic N) is 4. The zero-order chi connectivity index (χ0) is 37.0. The van der Waals surface area contributed by atoms with Gasteiger partial charge in [0.05, 0.1) is 6.21 Å². The molecule has 0 aliphatic carbocycles. The maximum absolute atomic E-state index is 13.3. The molecule has 2 heterocycles. The minimum atomic E-state index is -4.13. The van der Waals surface area contributed by atoms with Gasteiger partial charge >= 0.3 is 0 Å². The Morgan fingerprint density at radius 3 is 2.34 bits per heavy atom. The normalized spacial score (nSPS) is 12.3. The Hall–Kier alpha value is -6.08. The number of hydrogen-bond donors (Lipinski definition) is 3. The number of sulfonamides is 1. The summed E-state index contributed by atoms with van der Waals surface area (Å²) in [6, 6.07) is 37.8. The Morgan fingerprint density at radius 1 is 0.943 bits per heavy atom. The number of benzene rings is 4. The molecule has 0 bridgehead atoms. The fraction of sp³-hybridized carbons (Fsp3) is 0.146. The lowest BCUT2D eigenvalue weighted by Crippen LogP contribution is -2.33. The number of nitrogens with one attached hydrogen (secondary N) is 2. The van der Waals surface area contributed by atoms with Crippen LogP contribution in [0.1, 0.15) is 22.3 Å². The minimum absolute atomic E-state index is 0.0663. The summed E-state index contributed by atoms with van der Waals surface area (Å²) >= 11 is 0. The lowest BCUT2D eigenvalue weighted by molar-refractivity contribution is -0.130. The number of amides is 1. The predicted molar refractivity (Wildman–Crippen MR) is 208 cm³/mol. The first-order valence-electron chi connectivity index (χ1n) is 17.0. The van der Waals surface area contributed by atoms with Crippen molar-refractivity contribution >= 4 is 44.9 Å². The molecule has 11 nitrogen and oxygen atoms in total. The van der Waals surface area contributed by atoms with Crippen molar-refractivity contribution in [2.24, 2.45) is 5.10 Å². The highest BCUT2D eigenvalue weighted by Gasteiger charge is 2.19. The highest BCUT2D eigenvalue weighted by atomic mass is 32.2. The Bertz CT molecular complexity index is 2280. The first-order chi connectivity index (χ1) is 25.7. The van der Waals surface area contributed by atoms with Crippen LogP contribution < -0.4 is 14.9 Å². The smallest absolute Gasteiger partial charge is 0.244 e. The maximum atomic E-state index is 13.3. The summed E-state index contributed by atoms with van der Waals surface area (Å²) in [4.78, 5) is 19.0. The van der Waals surface area contributed by atoms with E-state index in [2.05, 4.69) is 20.2 Å². The summed E-state index contributed by atoms with van der Waals surface area (Å²) in [6.45, 7) is 1.02. The van der Waals surface area contributed by atoms with Crippen molar-refractivity contribution < 1.29 is 23.1 Å². The van der Waals surface area contributed by atoms with Crippen LogP contribution in [0.15, 0.2) is 150 Å². The van der Waals surface area contributed by atoms with E-state index in [4.69, 9.17) is 4.74 Å². The van der Waals surface area contributed by atoms with Gasteiger partial charge < -0.3 is 19.3 Å². The largest absolute Gasteiger partial charge is 0.489 e. The van der Waals surface area contributed by atoms with Gasteiger partial charge in [0.1, 0.15) is 35.8 Å². The maximum Gasteiger partial charge on any atom is 0.244 e. The van der Waals surface area contributed by atoms with Crippen LogP contribution in [0.5, 0.6) is 5.75 Å². The van der Waals surface area contributed by atoms with Crippen LogP contribution in [0.25, 0.3) is 17.0 Å². The van der Waals surface area contributed by atoms with Gasteiger partial charge in [0.2, 0.25) is 15.9 Å². The summed E-state index contributed by atoms with van der Waals surface area (Å²) < 4.78 is 36.4. The Labute approximate surface area is 308 Å². The lowest BCUT2D eigenvalue weighted by atomic mass is 10.1. The molecule has 6 aromatic rings. The number of carbonyl (C=O) groups is 1. The topological polar surface area (TPSA) is 138 Å². The van der Waals surface area contributed by atoms with Crippen LogP contribution in [-0.4, -0.2) is 59.9 Å². The molecule has 0 aliphatic rings. The number of pyridine rings is 1. The van der Waals surface area contributed by atoms with Crippen LogP contribution in [0.4, 0.5) is 5.82 Å². The van der Waals surface area contributed by atoms with Gasteiger partial charge in [-0.2, -0.15) is 9.82 Å². The number of rotatable bonds is 16. The molecule has 53 heavy (non-hydrogen) atoms. The number of fused-ring (bicyclic) bond motifs is 1. The molecule has 0 saturated heterocycles. The van der Waals surface area contributed by atoms with Crippen molar-refractivity contribution in [2.45, 2.75) is 30.7 Å². The third-order valence-corrected chi connectivity index (χ3v) is 9.83. The van der Waals surface area contributed by atoms with E-state index >= 15 is 0 Å². The lowest BCUT2D eigenvalue weighted by Gasteiger charge is -2.18. The molecule has 1 atom stereocenters. The van der Waals surface area contributed by atoms with E-state index in [0.29, 0.717) is 30.3 Å². The third-order valence-electron chi connectivity index (χ3n) is 8.41. The van der Waals surface area contributed by atoms with Gasteiger partial charge in [-0.05, 0) is 65.1 Å². The summed E-state index contributed by atoms with van der Waals surface area (Å²) in [5.74, 6) is 0.904. The van der Waals surface area contributed by atoms with E-state index in [-0.39, 0.29) is 17.3 Å². The number of ether oxygens (including phenoxy) is 1. The zero-order valence-corrected chi connectivity index (χ0v) is 29.9. The fourth-order valence-corrected chi connectivity index (χ4v) is 6.48. The van der Waals surface area contributed by atoms with E-state index < -0.39 is 16.3 Å². The molecule has 0 spiro atoms. The van der Waals surface area contributed by atoms with Crippen LogP contribution in [-0.2, 0) is 34.4 Å². The molecule has 12 heteroatoms. The molecule has 0 fully saturated rings. The molecule has 4 aromatic carbocycles. The second-order valence-electron chi connectivity index (χ2n) is 12.3. The highest BCUT2D eigenvalue weighted by Crippen LogP contribution is 2.28. The molecule has 0 saturated carbocycles. The van der Waals surface area contributed by atoms with Gasteiger partial charge in [-0.3, -0.25) is 10.2 Å². The summed E-state index contributed by atoms with van der Waals surface area (Å²) in [7, 11) is -2.34. The monoisotopic (exact) mass is 728 g/mol. The van der Waals surface area contributed by atoms with Crippen molar-refractivity contribution in [3.8, 4) is 5.75 Å². The number of aromatic nitrogens is 2. The summed E-state index contributed by atoms with van der Waals surface area (Å²) in [5, 5.41) is 15.7. The second kappa shape index (κ2) is 17.4. The van der Waals surface area contributed by atoms with Crippen molar-refractivity contribution in [3.05, 3.63) is 162 Å². The van der Waals surface area contributed by atoms with Gasteiger partial charge in [-0.1, -0.05) is 97.1 Å². The standard InChI is InChI=1S/C41H40N6O5S/c1-46(24-23-31-11-5-2-6-12-31)41(49)29-47-28-34(37-25-35(18-20-38(37)47)52-30-33-15-9-4-10-16-33)17-22-40(48)45-53(50,51)36-19-21-39(42-27-36)44-43-26-32-13-7-3-8-14-32/h2-22,25-28,40,45,48H,23-24,29-30H2,1H3,(H,42,44)/b22-17+,43-26+/t40-/m1/s1. The van der Waals surface area contributed by atoms with E-state index in [1.165, 1.54) is 24.4 Å². The molecule has 270 valence electrons. The Kier molecular flexibility index (Phi) is 12.1. The second-order valence-corrected chi connectivity index (χ2v) is 14.0. The molecular formula is C41H40N6O5S. The Balaban J connectivity index is 1.15. The number of aliphatic hydroxyl groups is 1. The SMILES string of the molecule is CN(CCc1ccccc1)C(=O)Cn1cc(/C=C/[C@@H](O)NS(=O)(=O)c2ccc(N/N=C/c3ccccc3)nc2)c2cc(OCc3ccccc3)ccc21. The fourth-order valence-electron chi connectivity index (χ4n) is 5.51. The minimum Gasteiger partial charge on any atom is -0.489 e. The van der Waals surface area contributed by atoms with Gasteiger partial charge in [0, 0.05) is 36.9 Å². The molecule has 0 aliphatic heterocycles. The van der Waals surface area contributed by atoms with E-state index in [1.807, 2.05) is 120 Å². The molecule has 1 amide bonds. The van der Waals surface area contributed by atoms with Crippen LogP contribution in [0, 0.1) is 0 Å². The number of anilines is 1. The van der Waals surface area contributed by atoms with Crippen LogP contribution in [0.2, 0.25) is 0 Å². The number of likely N-dealkylation sites (N-methyl/N-ethyl adjacent to an activating group) is 1. The number of hydrogen-bond acceptors (Lipinski definition) is 8. The predicted octanol–water partition coefficient (Wildman–Crippen LogP) is 6.07. The van der Waals surface area contributed by atoms with Gasteiger partial charge in [-0.15, -0.1) is 0 Å². The van der Waals surface area contributed by atoms with Gasteiger partial charge in [0.15, 0.2) is 0 Å². The molecule has 0 unspecified atom stereocenters. The molecular weight excluding hydrogens is 689 g/mol. The molecule has 2 aromatic heterocycles. The Morgan fingerprint density at radius 2 is 1.64 bits per heavy atom. The number of aliphatic hydroxyl groups excluding tert-OH is 1. The third kappa shape index (κ3) is 10.3. The molecule has 3 N–H and O–H groups in total. The van der Waals surface area contributed by atoms with Crippen LogP contribution in [0.3, 0.4) is 0 Å². The van der Waals surface area contributed by atoms with Crippen molar-refractivity contribution in [1.82, 2.24) is 19.2 Å². The van der Waals surface area contributed by atoms with E-state index in [1.54, 1.807) is 24.2 Å².